The van der Waals surface area contributed by atoms with Gasteiger partial charge in [0.25, 0.3) is 0 Å². The Morgan fingerprint density at radius 2 is 2.18 bits per heavy atom. The third-order valence-electron chi connectivity index (χ3n) is 2.57. The zero-order valence-corrected chi connectivity index (χ0v) is 12.1. The van der Waals surface area contributed by atoms with Gasteiger partial charge in [-0.3, -0.25) is 0 Å². The number of ketones is 1. The minimum absolute atomic E-state index is 0.236. The van der Waals surface area contributed by atoms with E-state index < -0.39 is 0 Å². The summed E-state index contributed by atoms with van der Waals surface area (Å²) in [6.45, 7) is 2.46. The van der Waals surface area contributed by atoms with Gasteiger partial charge in [-0.15, -0.1) is 0 Å². The topological polar surface area (TPSA) is 29.5 Å². The van der Waals surface area contributed by atoms with Gasteiger partial charge in [0.15, 0.2) is 0 Å². The maximum atomic E-state index is 10.9. The third-order valence-corrected chi connectivity index (χ3v) is 3.07. The number of hydrogen-bond donors (Lipinski definition) is 0. The van der Waals surface area contributed by atoms with Crippen LogP contribution in [0.15, 0.2) is 22.7 Å². The molecule has 0 saturated carbocycles. The van der Waals surface area contributed by atoms with Crippen LogP contribution in [-0.2, 0) is 4.79 Å². The van der Waals surface area contributed by atoms with E-state index in [0.29, 0.717) is 6.42 Å². The number of benzene rings is 1. The molecule has 1 aromatic rings. The molecule has 0 unspecified atom stereocenters. The van der Waals surface area contributed by atoms with E-state index in [-0.39, 0.29) is 5.78 Å². The Labute approximate surface area is 111 Å². The van der Waals surface area contributed by atoms with Crippen molar-refractivity contribution in [1.29, 1.82) is 0 Å². The number of Topliss-reactive ketones (excluding diaryl/α,β-unsaturated/α-hetero) is 1. The predicted molar refractivity (Wildman–Crippen MR) is 73.9 cm³/mol. The minimum atomic E-state index is 0.236. The van der Waals surface area contributed by atoms with E-state index in [1.807, 2.05) is 25.2 Å². The fourth-order valence-corrected chi connectivity index (χ4v) is 2.00. The van der Waals surface area contributed by atoms with Crippen LogP contribution in [0, 0.1) is 0 Å². The van der Waals surface area contributed by atoms with Crippen molar-refractivity contribution in [2.75, 3.05) is 25.6 Å². The fourth-order valence-electron chi connectivity index (χ4n) is 1.65. The highest BCUT2D eigenvalue weighted by Gasteiger charge is 2.08. The van der Waals surface area contributed by atoms with Gasteiger partial charge in [-0.1, -0.05) is 15.9 Å². The zero-order valence-electron chi connectivity index (χ0n) is 10.5. The van der Waals surface area contributed by atoms with Gasteiger partial charge in [-0.05, 0) is 31.5 Å². The molecule has 17 heavy (non-hydrogen) atoms. The van der Waals surface area contributed by atoms with Crippen molar-refractivity contribution in [3.8, 4) is 5.75 Å². The number of ether oxygens (including phenoxy) is 1. The summed E-state index contributed by atoms with van der Waals surface area (Å²) in [4.78, 5) is 13.0. The van der Waals surface area contributed by atoms with E-state index in [9.17, 15) is 4.79 Å². The average molecular weight is 300 g/mol. The Balaban J connectivity index is 2.69. The Morgan fingerprint density at radius 1 is 1.47 bits per heavy atom. The molecular weight excluding hydrogens is 282 g/mol. The standard InChI is InChI=1S/C13H18BrNO2/c1-10(16)5-4-8-15(2)12-9-11(14)6-7-13(12)17-3/h6-7,9H,4-5,8H2,1-3H3. The summed E-state index contributed by atoms with van der Waals surface area (Å²) in [5, 5.41) is 0. The van der Waals surface area contributed by atoms with Crippen LogP contribution in [0.1, 0.15) is 19.8 Å². The first kappa shape index (κ1) is 14.0. The predicted octanol–water partition coefficient (Wildman–Crippen LogP) is 3.26. The Kier molecular flexibility index (Phi) is 5.48. The Bertz CT molecular complexity index is 393. The van der Waals surface area contributed by atoms with Crippen LogP contribution in [0.2, 0.25) is 0 Å². The van der Waals surface area contributed by atoms with Gasteiger partial charge in [-0.2, -0.15) is 0 Å². The number of methoxy groups -OCH3 is 1. The van der Waals surface area contributed by atoms with Gasteiger partial charge in [0, 0.05) is 24.5 Å². The van der Waals surface area contributed by atoms with E-state index in [1.165, 1.54) is 0 Å². The molecule has 0 N–H and O–H groups in total. The molecule has 4 heteroatoms. The summed E-state index contributed by atoms with van der Waals surface area (Å²) >= 11 is 3.45. The van der Waals surface area contributed by atoms with E-state index >= 15 is 0 Å². The lowest BCUT2D eigenvalue weighted by atomic mass is 10.2. The van der Waals surface area contributed by atoms with Crippen LogP contribution in [0.5, 0.6) is 5.75 Å². The van der Waals surface area contributed by atoms with Gasteiger partial charge >= 0.3 is 0 Å². The second-order valence-electron chi connectivity index (χ2n) is 4.04. The zero-order chi connectivity index (χ0) is 12.8. The molecule has 0 aromatic heterocycles. The number of halogens is 1. The molecule has 3 nitrogen and oxygen atoms in total. The lowest BCUT2D eigenvalue weighted by molar-refractivity contribution is -0.117. The van der Waals surface area contributed by atoms with Crippen LogP contribution in [0.25, 0.3) is 0 Å². The van der Waals surface area contributed by atoms with Gasteiger partial charge in [0.2, 0.25) is 0 Å². The largest absolute Gasteiger partial charge is 0.495 e. The van der Waals surface area contributed by atoms with Crippen LogP contribution in [0.4, 0.5) is 5.69 Å². The molecule has 0 aliphatic heterocycles. The van der Waals surface area contributed by atoms with Crippen molar-refractivity contribution in [1.82, 2.24) is 0 Å². The Hall–Kier alpha value is -1.03. The normalized spacial score (nSPS) is 10.1. The molecule has 1 rings (SSSR count). The molecular formula is C13H18BrNO2. The van der Waals surface area contributed by atoms with Crippen molar-refractivity contribution < 1.29 is 9.53 Å². The molecule has 0 saturated heterocycles. The molecule has 0 amide bonds. The number of carbonyl (C=O) groups is 1. The molecule has 0 heterocycles. The number of hydrogen-bond acceptors (Lipinski definition) is 3. The highest BCUT2D eigenvalue weighted by Crippen LogP contribution is 2.30. The SMILES string of the molecule is COc1ccc(Br)cc1N(C)CCCC(C)=O. The molecule has 0 aliphatic rings. The summed E-state index contributed by atoms with van der Waals surface area (Å²) in [6, 6.07) is 5.90. The van der Waals surface area contributed by atoms with Crippen molar-refractivity contribution in [2.45, 2.75) is 19.8 Å². The second-order valence-corrected chi connectivity index (χ2v) is 4.96. The lowest BCUT2D eigenvalue weighted by Gasteiger charge is -2.21. The summed E-state index contributed by atoms with van der Waals surface area (Å²) in [5.74, 6) is 1.08. The fraction of sp³-hybridized carbons (Fsp3) is 0.462. The minimum Gasteiger partial charge on any atom is -0.495 e. The Morgan fingerprint density at radius 3 is 2.76 bits per heavy atom. The average Bonchev–Trinajstić information content (AvgIpc) is 2.28. The van der Waals surface area contributed by atoms with Gasteiger partial charge in [-0.25, -0.2) is 0 Å². The van der Waals surface area contributed by atoms with Crippen LogP contribution in [-0.4, -0.2) is 26.5 Å². The maximum Gasteiger partial charge on any atom is 0.142 e. The van der Waals surface area contributed by atoms with Crippen LogP contribution >= 0.6 is 15.9 Å². The molecule has 1 aromatic carbocycles. The first-order chi connectivity index (χ1) is 8.04. The van der Waals surface area contributed by atoms with Gasteiger partial charge in [0.1, 0.15) is 11.5 Å². The van der Waals surface area contributed by atoms with Crippen molar-refractivity contribution in [3.63, 3.8) is 0 Å². The van der Waals surface area contributed by atoms with Crippen molar-refractivity contribution in [2.24, 2.45) is 0 Å². The first-order valence-corrected chi connectivity index (χ1v) is 6.38. The summed E-state index contributed by atoms with van der Waals surface area (Å²) in [5.41, 5.74) is 1.03. The highest BCUT2D eigenvalue weighted by molar-refractivity contribution is 9.10. The molecule has 0 radical (unpaired) electrons. The van der Waals surface area contributed by atoms with E-state index in [0.717, 1.165) is 28.9 Å². The number of nitrogens with zero attached hydrogens (tertiary/aromatic N) is 1. The van der Waals surface area contributed by atoms with Crippen LogP contribution in [0.3, 0.4) is 0 Å². The lowest BCUT2D eigenvalue weighted by Crippen LogP contribution is -2.19. The smallest absolute Gasteiger partial charge is 0.142 e. The van der Waals surface area contributed by atoms with E-state index in [1.54, 1.807) is 14.0 Å². The molecule has 0 spiro atoms. The van der Waals surface area contributed by atoms with E-state index in [2.05, 4.69) is 20.8 Å². The molecule has 0 fully saturated rings. The van der Waals surface area contributed by atoms with Gasteiger partial charge in [0.05, 0.1) is 12.8 Å². The molecule has 0 aliphatic carbocycles. The van der Waals surface area contributed by atoms with Gasteiger partial charge < -0.3 is 14.4 Å². The van der Waals surface area contributed by atoms with E-state index in [4.69, 9.17) is 4.74 Å². The van der Waals surface area contributed by atoms with Crippen molar-refractivity contribution in [3.05, 3.63) is 22.7 Å². The number of rotatable bonds is 6. The first-order valence-electron chi connectivity index (χ1n) is 5.58. The summed E-state index contributed by atoms with van der Waals surface area (Å²) in [6.07, 6.45) is 1.49. The molecule has 94 valence electrons. The monoisotopic (exact) mass is 299 g/mol. The summed E-state index contributed by atoms with van der Waals surface area (Å²) < 4.78 is 6.34. The number of anilines is 1. The second kappa shape index (κ2) is 6.64. The molecule has 0 bridgehead atoms. The third kappa shape index (κ3) is 4.38. The maximum absolute atomic E-state index is 10.9. The number of carbonyl (C=O) groups excluding carboxylic acids is 1. The highest BCUT2D eigenvalue weighted by atomic mass is 79.9. The molecule has 0 atom stereocenters. The summed E-state index contributed by atoms with van der Waals surface area (Å²) in [7, 11) is 3.67. The van der Waals surface area contributed by atoms with Crippen LogP contribution < -0.4 is 9.64 Å². The quantitative estimate of drug-likeness (QED) is 0.807. The van der Waals surface area contributed by atoms with Crippen molar-refractivity contribution >= 4 is 27.4 Å².